The molecule has 1 N–H and O–H groups in total. The van der Waals surface area contributed by atoms with Crippen LogP contribution in [0.5, 0.6) is 0 Å². The molecule has 1 aliphatic rings. The van der Waals surface area contributed by atoms with Crippen LogP contribution >= 0.6 is 11.3 Å². The lowest BCUT2D eigenvalue weighted by Crippen LogP contribution is -2.36. The summed E-state index contributed by atoms with van der Waals surface area (Å²) >= 11 is 1.66. The van der Waals surface area contributed by atoms with E-state index in [2.05, 4.69) is 47.2 Å². The quantitative estimate of drug-likeness (QED) is 0.803. The molecule has 0 aliphatic carbocycles. The smallest absolute Gasteiger partial charge is 0.240 e. The Morgan fingerprint density at radius 1 is 1.12 bits per heavy atom. The lowest BCUT2D eigenvalue weighted by molar-refractivity contribution is 0.247. The van der Waals surface area contributed by atoms with Gasteiger partial charge in [-0.05, 0) is 71.4 Å². The zero-order valence-corrected chi connectivity index (χ0v) is 17.4. The maximum Gasteiger partial charge on any atom is 0.240 e. The Balaban J connectivity index is 1.73. The summed E-state index contributed by atoms with van der Waals surface area (Å²) in [6, 6.07) is 9.43. The molecule has 6 heteroatoms. The van der Waals surface area contributed by atoms with E-state index in [1.54, 1.807) is 23.5 Å². The molecule has 1 saturated heterocycles. The summed E-state index contributed by atoms with van der Waals surface area (Å²) in [4.78, 5) is 2.71. The van der Waals surface area contributed by atoms with Crippen molar-refractivity contribution in [2.75, 3.05) is 19.6 Å². The third kappa shape index (κ3) is 4.55. The van der Waals surface area contributed by atoms with Crippen molar-refractivity contribution in [1.82, 2.24) is 9.62 Å². The molecule has 0 amide bonds. The van der Waals surface area contributed by atoms with E-state index in [0.717, 1.165) is 18.7 Å². The van der Waals surface area contributed by atoms with Crippen LogP contribution in [0, 0.1) is 0 Å². The number of rotatable bonds is 6. The molecule has 1 aromatic carbocycles. The number of nitrogens with one attached hydrogen (secondary N) is 1. The zero-order valence-electron chi connectivity index (χ0n) is 15.7. The van der Waals surface area contributed by atoms with Crippen LogP contribution in [0.15, 0.2) is 46.0 Å². The van der Waals surface area contributed by atoms with Gasteiger partial charge in [0.1, 0.15) is 0 Å². The summed E-state index contributed by atoms with van der Waals surface area (Å²) in [6.45, 7) is 8.83. The molecule has 0 spiro atoms. The Morgan fingerprint density at radius 2 is 1.77 bits per heavy atom. The van der Waals surface area contributed by atoms with E-state index in [-0.39, 0.29) is 11.5 Å². The van der Waals surface area contributed by atoms with Crippen LogP contribution in [0.25, 0.3) is 0 Å². The van der Waals surface area contributed by atoms with Gasteiger partial charge in [0.05, 0.1) is 4.90 Å². The standard InChI is InChI=1S/C20H28N2O2S2/c1-20(2,3)17-6-8-18(9-7-17)26(23,24)21-14-19(16-10-13-25-15-16)22-11-4-5-12-22/h6-10,13,15,19,21H,4-5,11-12,14H2,1-3H3. The molecule has 142 valence electrons. The van der Waals surface area contributed by atoms with E-state index in [1.807, 2.05) is 12.1 Å². The molecule has 1 atom stereocenters. The Hall–Kier alpha value is -1.21. The van der Waals surface area contributed by atoms with Gasteiger partial charge in [-0.1, -0.05) is 32.9 Å². The van der Waals surface area contributed by atoms with Crippen molar-refractivity contribution in [3.63, 3.8) is 0 Å². The first-order chi connectivity index (χ1) is 12.3. The largest absolute Gasteiger partial charge is 0.295 e. The number of likely N-dealkylation sites (tertiary alicyclic amines) is 1. The number of hydrogen-bond donors (Lipinski definition) is 1. The van der Waals surface area contributed by atoms with Gasteiger partial charge in [-0.15, -0.1) is 0 Å². The number of thiophene rings is 1. The van der Waals surface area contributed by atoms with Crippen molar-refractivity contribution < 1.29 is 8.42 Å². The average Bonchev–Trinajstić information content (AvgIpc) is 3.28. The van der Waals surface area contributed by atoms with Crippen molar-refractivity contribution >= 4 is 21.4 Å². The number of nitrogens with zero attached hydrogens (tertiary/aromatic N) is 1. The summed E-state index contributed by atoms with van der Waals surface area (Å²) in [6.07, 6.45) is 2.36. The predicted molar refractivity (Wildman–Crippen MR) is 108 cm³/mol. The number of sulfonamides is 1. The highest BCUT2D eigenvalue weighted by Crippen LogP contribution is 2.27. The average molecular weight is 393 g/mol. The van der Waals surface area contributed by atoms with Crippen LogP contribution in [-0.2, 0) is 15.4 Å². The Bertz CT molecular complexity index is 800. The molecule has 1 aromatic heterocycles. The van der Waals surface area contributed by atoms with Crippen molar-refractivity contribution in [2.24, 2.45) is 0 Å². The Kier molecular flexibility index (Phi) is 5.87. The third-order valence-electron chi connectivity index (χ3n) is 5.01. The molecular weight excluding hydrogens is 364 g/mol. The summed E-state index contributed by atoms with van der Waals surface area (Å²) in [5.41, 5.74) is 2.34. The van der Waals surface area contributed by atoms with Crippen LogP contribution in [0.2, 0.25) is 0 Å². The molecule has 1 unspecified atom stereocenters. The summed E-state index contributed by atoms with van der Waals surface area (Å²) in [5, 5.41) is 4.17. The molecule has 3 rings (SSSR count). The van der Waals surface area contributed by atoms with Gasteiger partial charge < -0.3 is 0 Å². The maximum atomic E-state index is 12.8. The number of hydrogen-bond acceptors (Lipinski definition) is 4. The molecule has 26 heavy (non-hydrogen) atoms. The van der Waals surface area contributed by atoms with Gasteiger partial charge in [-0.25, -0.2) is 13.1 Å². The van der Waals surface area contributed by atoms with E-state index < -0.39 is 10.0 Å². The van der Waals surface area contributed by atoms with E-state index in [0.29, 0.717) is 11.4 Å². The van der Waals surface area contributed by atoms with Crippen molar-refractivity contribution in [2.45, 2.75) is 50.0 Å². The molecule has 0 bridgehead atoms. The molecule has 2 heterocycles. The van der Waals surface area contributed by atoms with E-state index >= 15 is 0 Å². The van der Waals surface area contributed by atoms with Gasteiger partial charge in [-0.3, -0.25) is 4.90 Å². The fraction of sp³-hybridized carbons (Fsp3) is 0.500. The monoisotopic (exact) mass is 392 g/mol. The lowest BCUT2D eigenvalue weighted by Gasteiger charge is -2.27. The summed E-state index contributed by atoms with van der Waals surface area (Å²) < 4.78 is 28.3. The van der Waals surface area contributed by atoms with Gasteiger partial charge in [0.15, 0.2) is 0 Å². The predicted octanol–water partition coefficient (Wildman–Crippen LogP) is 4.16. The maximum absolute atomic E-state index is 12.8. The second-order valence-corrected chi connectivity index (χ2v) is 10.5. The normalized spacial score (nSPS) is 17.5. The second kappa shape index (κ2) is 7.80. The lowest BCUT2D eigenvalue weighted by atomic mass is 9.87. The highest BCUT2D eigenvalue weighted by atomic mass is 32.2. The van der Waals surface area contributed by atoms with Gasteiger partial charge in [-0.2, -0.15) is 11.3 Å². The van der Waals surface area contributed by atoms with Crippen LogP contribution in [0.3, 0.4) is 0 Å². The molecular formula is C20H28N2O2S2. The third-order valence-corrected chi connectivity index (χ3v) is 7.15. The Morgan fingerprint density at radius 3 is 2.31 bits per heavy atom. The summed E-state index contributed by atoms with van der Waals surface area (Å²) in [7, 11) is -3.51. The molecule has 2 aromatic rings. The topological polar surface area (TPSA) is 49.4 Å². The molecule has 0 saturated carbocycles. The van der Waals surface area contributed by atoms with Gasteiger partial charge in [0.2, 0.25) is 10.0 Å². The van der Waals surface area contributed by atoms with Gasteiger partial charge >= 0.3 is 0 Å². The van der Waals surface area contributed by atoms with Crippen LogP contribution in [0.4, 0.5) is 0 Å². The molecule has 1 fully saturated rings. The van der Waals surface area contributed by atoms with Crippen LogP contribution in [-0.4, -0.2) is 33.0 Å². The van der Waals surface area contributed by atoms with Crippen molar-refractivity contribution in [3.8, 4) is 0 Å². The van der Waals surface area contributed by atoms with Crippen molar-refractivity contribution in [3.05, 3.63) is 52.2 Å². The van der Waals surface area contributed by atoms with E-state index in [9.17, 15) is 8.42 Å². The van der Waals surface area contributed by atoms with Crippen molar-refractivity contribution in [1.29, 1.82) is 0 Å². The molecule has 4 nitrogen and oxygen atoms in total. The zero-order chi connectivity index (χ0) is 18.8. The first kappa shape index (κ1) is 19.5. The number of benzene rings is 1. The van der Waals surface area contributed by atoms with Gasteiger partial charge in [0.25, 0.3) is 0 Å². The first-order valence-corrected chi connectivity index (χ1v) is 11.6. The summed E-state index contributed by atoms with van der Waals surface area (Å²) in [5.74, 6) is 0. The minimum Gasteiger partial charge on any atom is -0.295 e. The van der Waals surface area contributed by atoms with E-state index in [4.69, 9.17) is 0 Å². The fourth-order valence-electron chi connectivity index (χ4n) is 3.38. The minimum atomic E-state index is -3.51. The van der Waals surface area contributed by atoms with E-state index in [1.165, 1.54) is 18.4 Å². The molecule has 1 aliphatic heterocycles. The highest BCUT2D eigenvalue weighted by Gasteiger charge is 2.26. The highest BCUT2D eigenvalue weighted by molar-refractivity contribution is 7.89. The minimum absolute atomic E-state index is 0.00944. The van der Waals surface area contributed by atoms with Crippen LogP contribution < -0.4 is 4.72 Å². The van der Waals surface area contributed by atoms with Gasteiger partial charge in [0, 0.05) is 12.6 Å². The first-order valence-electron chi connectivity index (χ1n) is 9.14. The SMILES string of the molecule is CC(C)(C)c1ccc(S(=O)(=O)NCC(c2ccsc2)N2CCCC2)cc1. The second-order valence-electron chi connectivity index (χ2n) is 7.94. The van der Waals surface area contributed by atoms with Crippen LogP contribution in [0.1, 0.15) is 50.8 Å². The Labute approximate surface area is 161 Å². The fourth-order valence-corrected chi connectivity index (χ4v) is 5.13. The molecule has 0 radical (unpaired) electrons.